The van der Waals surface area contributed by atoms with Crippen LogP contribution < -0.4 is 5.32 Å². The normalized spacial score (nSPS) is 12.1. The van der Waals surface area contributed by atoms with E-state index in [9.17, 15) is 9.90 Å². The number of carbonyl (C=O) groups is 1. The van der Waals surface area contributed by atoms with Crippen molar-refractivity contribution in [3.63, 3.8) is 0 Å². The molecule has 0 amide bonds. The second-order valence-corrected chi connectivity index (χ2v) is 5.22. The predicted molar refractivity (Wildman–Crippen MR) is 84.9 cm³/mol. The summed E-state index contributed by atoms with van der Waals surface area (Å²) in [5.74, 6) is 0.216. The van der Waals surface area contributed by atoms with Crippen LogP contribution in [0, 0.1) is 0 Å². The van der Waals surface area contributed by atoms with Crippen molar-refractivity contribution in [2.45, 2.75) is 26.0 Å². The van der Waals surface area contributed by atoms with Gasteiger partial charge in [-0.1, -0.05) is 42.5 Å². The highest BCUT2D eigenvalue weighted by molar-refractivity contribution is 5.75. The minimum Gasteiger partial charge on any atom is -0.374 e. The highest BCUT2D eigenvalue weighted by atomic mass is 16.3. The average Bonchev–Trinajstić information content (AvgIpc) is 2.52. The lowest BCUT2D eigenvalue weighted by molar-refractivity contribution is -0.116. The van der Waals surface area contributed by atoms with Crippen LogP contribution in [0.1, 0.15) is 30.7 Å². The molecule has 0 aliphatic heterocycles. The van der Waals surface area contributed by atoms with Crippen LogP contribution in [0.5, 0.6) is 0 Å². The maximum Gasteiger partial charge on any atom is 0.130 e. The minimum atomic E-state index is -0.653. The Morgan fingerprint density at radius 3 is 2.48 bits per heavy atom. The number of hydrogen-bond donors (Lipinski definition) is 2. The second kappa shape index (κ2) is 7.16. The first-order valence-electron chi connectivity index (χ1n) is 7.14. The van der Waals surface area contributed by atoms with Gasteiger partial charge in [0.1, 0.15) is 12.0 Å². The lowest BCUT2D eigenvalue weighted by Crippen LogP contribution is -2.14. The van der Waals surface area contributed by atoms with Crippen molar-refractivity contribution < 1.29 is 9.90 Å². The average molecular weight is 283 g/mol. The molecule has 0 radical (unpaired) electrons. The third-order valence-corrected chi connectivity index (χ3v) is 3.53. The van der Waals surface area contributed by atoms with E-state index in [-0.39, 0.29) is 5.78 Å². The SMILES string of the molecule is CNC(O)c1cccc(-c2ccc(CCC(C)=O)cc2)c1. The zero-order chi connectivity index (χ0) is 15.2. The Bertz CT molecular complexity index is 605. The molecule has 0 heterocycles. The monoisotopic (exact) mass is 283 g/mol. The molecule has 0 spiro atoms. The van der Waals surface area contributed by atoms with Crippen molar-refractivity contribution in [1.29, 1.82) is 0 Å². The number of nitrogens with one attached hydrogen (secondary N) is 1. The number of ketones is 1. The first-order chi connectivity index (χ1) is 10.1. The van der Waals surface area contributed by atoms with E-state index in [2.05, 4.69) is 29.6 Å². The fourth-order valence-electron chi connectivity index (χ4n) is 2.24. The summed E-state index contributed by atoms with van der Waals surface area (Å²) in [6.45, 7) is 1.62. The number of aliphatic hydroxyl groups excluding tert-OH is 1. The summed E-state index contributed by atoms with van der Waals surface area (Å²) in [5.41, 5.74) is 4.18. The van der Waals surface area contributed by atoms with E-state index in [1.165, 1.54) is 5.56 Å². The maximum absolute atomic E-state index is 11.0. The zero-order valence-corrected chi connectivity index (χ0v) is 12.5. The third kappa shape index (κ3) is 4.25. The van der Waals surface area contributed by atoms with Gasteiger partial charge in [0.05, 0.1) is 0 Å². The summed E-state index contributed by atoms with van der Waals surface area (Å²) in [6.07, 6.45) is 0.719. The van der Waals surface area contributed by atoms with Gasteiger partial charge in [-0.25, -0.2) is 0 Å². The largest absolute Gasteiger partial charge is 0.374 e. The number of hydrogen-bond acceptors (Lipinski definition) is 3. The molecule has 0 aromatic heterocycles. The summed E-state index contributed by atoms with van der Waals surface area (Å²) in [7, 11) is 1.72. The van der Waals surface area contributed by atoms with E-state index in [0.717, 1.165) is 23.1 Å². The van der Waals surface area contributed by atoms with Gasteiger partial charge in [-0.2, -0.15) is 0 Å². The van der Waals surface area contributed by atoms with Gasteiger partial charge >= 0.3 is 0 Å². The minimum absolute atomic E-state index is 0.216. The Labute approximate surface area is 125 Å². The maximum atomic E-state index is 11.0. The Morgan fingerprint density at radius 2 is 1.86 bits per heavy atom. The first-order valence-corrected chi connectivity index (χ1v) is 7.14. The van der Waals surface area contributed by atoms with E-state index in [1.807, 2.05) is 24.3 Å². The zero-order valence-electron chi connectivity index (χ0n) is 12.5. The summed E-state index contributed by atoms with van der Waals surface area (Å²) in [5, 5.41) is 12.6. The van der Waals surface area contributed by atoms with Gasteiger partial charge < -0.3 is 9.90 Å². The summed E-state index contributed by atoms with van der Waals surface area (Å²) in [4.78, 5) is 11.0. The number of carbonyl (C=O) groups excluding carboxylic acids is 1. The number of aliphatic hydroxyl groups is 1. The third-order valence-electron chi connectivity index (χ3n) is 3.53. The molecule has 2 aromatic rings. The van der Waals surface area contributed by atoms with E-state index in [1.54, 1.807) is 14.0 Å². The molecule has 1 unspecified atom stereocenters. The molecular formula is C18H21NO2. The summed E-state index contributed by atoms with van der Waals surface area (Å²) >= 11 is 0. The van der Waals surface area contributed by atoms with Gasteiger partial charge in [0.15, 0.2) is 0 Å². The number of rotatable bonds is 6. The summed E-state index contributed by atoms with van der Waals surface area (Å²) < 4.78 is 0. The number of benzene rings is 2. The molecule has 110 valence electrons. The van der Waals surface area contributed by atoms with Gasteiger partial charge in [0.25, 0.3) is 0 Å². The first kappa shape index (κ1) is 15.4. The van der Waals surface area contributed by atoms with Gasteiger partial charge in [-0.3, -0.25) is 5.32 Å². The fraction of sp³-hybridized carbons (Fsp3) is 0.278. The lowest BCUT2D eigenvalue weighted by atomic mass is 10.00. The van der Waals surface area contributed by atoms with Gasteiger partial charge in [0.2, 0.25) is 0 Å². The van der Waals surface area contributed by atoms with E-state index < -0.39 is 6.23 Å². The Kier molecular flexibility index (Phi) is 5.26. The topological polar surface area (TPSA) is 49.3 Å². The molecule has 0 aliphatic rings. The lowest BCUT2D eigenvalue weighted by Gasteiger charge is -2.11. The van der Waals surface area contributed by atoms with Crippen molar-refractivity contribution in [2.24, 2.45) is 0 Å². The second-order valence-electron chi connectivity index (χ2n) is 5.22. The van der Waals surface area contributed by atoms with Crippen LogP contribution in [-0.2, 0) is 11.2 Å². The van der Waals surface area contributed by atoms with E-state index in [4.69, 9.17) is 0 Å². The molecule has 0 saturated heterocycles. The molecular weight excluding hydrogens is 262 g/mol. The van der Waals surface area contributed by atoms with Crippen LogP contribution in [0.2, 0.25) is 0 Å². The molecule has 2 aromatic carbocycles. The molecule has 2 rings (SSSR count). The summed E-state index contributed by atoms with van der Waals surface area (Å²) in [6, 6.07) is 16.1. The van der Waals surface area contributed by atoms with Crippen LogP contribution in [0.25, 0.3) is 11.1 Å². The van der Waals surface area contributed by atoms with Gasteiger partial charge in [-0.15, -0.1) is 0 Å². The fourth-order valence-corrected chi connectivity index (χ4v) is 2.24. The molecule has 0 aliphatic carbocycles. The Hall–Kier alpha value is -1.97. The smallest absolute Gasteiger partial charge is 0.130 e. The molecule has 2 N–H and O–H groups in total. The Balaban J connectivity index is 2.16. The molecule has 0 bridgehead atoms. The predicted octanol–water partition coefficient (Wildman–Crippen LogP) is 3.09. The molecule has 3 nitrogen and oxygen atoms in total. The van der Waals surface area contributed by atoms with Gasteiger partial charge in [0, 0.05) is 6.42 Å². The van der Waals surface area contributed by atoms with Crippen molar-refractivity contribution in [1.82, 2.24) is 5.32 Å². The molecule has 21 heavy (non-hydrogen) atoms. The van der Waals surface area contributed by atoms with E-state index in [0.29, 0.717) is 6.42 Å². The van der Waals surface area contributed by atoms with Crippen LogP contribution in [0.3, 0.4) is 0 Å². The number of Topliss-reactive ketones (excluding diaryl/α,β-unsaturated/α-hetero) is 1. The highest BCUT2D eigenvalue weighted by Gasteiger charge is 2.06. The van der Waals surface area contributed by atoms with Crippen molar-refractivity contribution >= 4 is 5.78 Å². The van der Waals surface area contributed by atoms with Gasteiger partial charge in [-0.05, 0) is 48.7 Å². The highest BCUT2D eigenvalue weighted by Crippen LogP contribution is 2.23. The standard InChI is InChI=1S/C18H21NO2/c1-13(20)6-7-14-8-10-15(11-9-14)16-4-3-5-17(12-16)18(21)19-2/h3-5,8-12,18-19,21H,6-7H2,1-2H3. The molecule has 0 fully saturated rings. The van der Waals surface area contributed by atoms with Crippen LogP contribution >= 0.6 is 0 Å². The Morgan fingerprint density at radius 1 is 1.14 bits per heavy atom. The van der Waals surface area contributed by atoms with E-state index >= 15 is 0 Å². The van der Waals surface area contributed by atoms with Crippen LogP contribution in [-0.4, -0.2) is 17.9 Å². The quantitative estimate of drug-likeness (QED) is 0.801. The molecule has 1 atom stereocenters. The van der Waals surface area contributed by atoms with Crippen molar-refractivity contribution in [2.75, 3.05) is 7.05 Å². The van der Waals surface area contributed by atoms with Crippen LogP contribution in [0.15, 0.2) is 48.5 Å². The molecule has 0 saturated carbocycles. The number of aryl methyl sites for hydroxylation is 1. The van der Waals surface area contributed by atoms with Crippen molar-refractivity contribution in [3.05, 3.63) is 59.7 Å². The molecule has 3 heteroatoms. The van der Waals surface area contributed by atoms with Crippen molar-refractivity contribution in [3.8, 4) is 11.1 Å². The van der Waals surface area contributed by atoms with Crippen LogP contribution in [0.4, 0.5) is 0 Å².